The molecule has 2 N–H and O–H groups in total. The fourth-order valence-corrected chi connectivity index (χ4v) is 4.08. The van der Waals surface area contributed by atoms with Crippen LogP contribution in [0.25, 0.3) is 0 Å². The van der Waals surface area contributed by atoms with Crippen molar-refractivity contribution in [3.05, 3.63) is 22.8 Å². The van der Waals surface area contributed by atoms with Gasteiger partial charge in [-0.1, -0.05) is 26.2 Å². The van der Waals surface area contributed by atoms with Gasteiger partial charge in [-0.15, -0.1) is 0 Å². The van der Waals surface area contributed by atoms with Crippen LogP contribution in [0.2, 0.25) is 0 Å². The van der Waals surface area contributed by atoms with Gasteiger partial charge in [0.15, 0.2) is 0 Å². The van der Waals surface area contributed by atoms with E-state index < -0.39 is 0 Å². The number of phenolic OH excluding ortho intramolecular Hbond substituents is 2. The van der Waals surface area contributed by atoms with Gasteiger partial charge in [-0.2, -0.15) is 0 Å². The van der Waals surface area contributed by atoms with E-state index in [4.69, 9.17) is 9.47 Å². The zero-order valence-electron chi connectivity index (χ0n) is 17.3. The molecule has 2 heterocycles. The van der Waals surface area contributed by atoms with Crippen molar-refractivity contribution in [1.29, 1.82) is 0 Å². The van der Waals surface area contributed by atoms with E-state index in [9.17, 15) is 10.2 Å². The molecule has 1 aromatic carbocycles. The topological polar surface area (TPSA) is 65.4 Å². The van der Waals surface area contributed by atoms with Gasteiger partial charge in [0.25, 0.3) is 0 Å². The first-order chi connectivity index (χ1) is 13.7. The number of hydrogen-bond acceptors (Lipinski definition) is 6. The zero-order valence-corrected chi connectivity index (χ0v) is 17.3. The van der Waals surface area contributed by atoms with Gasteiger partial charge in [-0.05, 0) is 30.0 Å². The Bertz CT molecular complexity index is 611. The SMILES string of the molecule is CCCCCCc1c(CN2CCOCC2)cc(O)c(CN2CCOCC2)c1O. The molecule has 2 fully saturated rings. The molecule has 0 bridgehead atoms. The minimum Gasteiger partial charge on any atom is -0.507 e. The fourth-order valence-electron chi connectivity index (χ4n) is 4.08. The normalized spacial score (nSPS) is 19.2. The van der Waals surface area contributed by atoms with E-state index in [-0.39, 0.29) is 5.75 Å². The van der Waals surface area contributed by atoms with Gasteiger partial charge in [0, 0.05) is 44.8 Å². The summed E-state index contributed by atoms with van der Waals surface area (Å²) in [7, 11) is 0. The molecule has 0 aromatic heterocycles. The summed E-state index contributed by atoms with van der Waals surface area (Å²) in [6.07, 6.45) is 5.52. The molecule has 3 rings (SSSR count). The average molecular weight is 393 g/mol. The van der Waals surface area contributed by atoms with Crippen molar-refractivity contribution < 1.29 is 19.7 Å². The van der Waals surface area contributed by atoms with E-state index in [1.54, 1.807) is 0 Å². The smallest absolute Gasteiger partial charge is 0.127 e. The van der Waals surface area contributed by atoms with Crippen LogP contribution in [0.15, 0.2) is 6.07 Å². The van der Waals surface area contributed by atoms with Crippen LogP contribution >= 0.6 is 0 Å². The van der Waals surface area contributed by atoms with Gasteiger partial charge in [-0.3, -0.25) is 9.80 Å². The zero-order chi connectivity index (χ0) is 19.8. The third kappa shape index (κ3) is 5.83. The Balaban J connectivity index is 1.79. The third-order valence-corrected chi connectivity index (χ3v) is 5.84. The van der Waals surface area contributed by atoms with E-state index in [1.165, 1.54) is 19.3 Å². The predicted octanol–water partition coefficient (Wildman–Crippen LogP) is 2.89. The molecule has 0 unspecified atom stereocenters. The van der Waals surface area contributed by atoms with Crippen molar-refractivity contribution in [3.8, 4) is 11.5 Å². The van der Waals surface area contributed by atoms with Crippen molar-refractivity contribution in [2.45, 2.75) is 52.1 Å². The number of benzene rings is 1. The Kier molecular flexibility index (Phi) is 8.40. The van der Waals surface area contributed by atoms with E-state index in [0.717, 1.165) is 69.9 Å². The molecule has 1 aromatic rings. The van der Waals surface area contributed by atoms with Crippen LogP contribution in [0.5, 0.6) is 11.5 Å². The molecule has 6 nitrogen and oxygen atoms in total. The van der Waals surface area contributed by atoms with Crippen LogP contribution < -0.4 is 0 Å². The maximum Gasteiger partial charge on any atom is 0.127 e. The molecule has 0 aliphatic carbocycles. The first kappa shape index (κ1) is 21.4. The number of rotatable bonds is 9. The number of hydrogen-bond donors (Lipinski definition) is 2. The van der Waals surface area contributed by atoms with Crippen LogP contribution in [0.4, 0.5) is 0 Å². The van der Waals surface area contributed by atoms with Crippen LogP contribution in [0, 0.1) is 0 Å². The van der Waals surface area contributed by atoms with Crippen molar-refractivity contribution in [2.24, 2.45) is 0 Å². The number of nitrogens with zero attached hydrogens (tertiary/aromatic N) is 2. The summed E-state index contributed by atoms with van der Waals surface area (Å²) < 4.78 is 10.9. The minimum atomic E-state index is 0.213. The number of morpholine rings is 2. The van der Waals surface area contributed by atoms with E-state index in [0.29, 0.717) is 31.1 Å². The highest BCUT2D eigenvalue weighted by molar-refractivity contribution is 5.53. The van der Waals surface area contributed by atoms with Crippen molar-refractivity contribution >= 4 is 0 Å². The Morgan fingerprint density at radius 3 is 2.04 bits per heavy atom. The summed E-state index contributed by atoms with van der Waals surface area (Å²) in [4.78, 5) is 4.58. The highest BCUT2D eigenvalue weighted by Gasteiger charge is 2.22. The molecule has 2 saturated heterocycles. The lowest BCUT2D eigenvalue weighted by Gasteiger charge is -2.29. The van der Waals surface area contributed by atoms with Gasteiger partial charge in [-0.25, -0.2) is 0 Å². The Morgan fingerprint density at radius 1 is 0.821 bits per heavy atom. The second-order valence-corrected chi connectivity index (χ2v) is 7.95. The summed E-state index contributed by atoms with van der Waals surface area (Å²) in [6.45, 7) is 9.91. The van der Waals surface area contributed by atoms with Gasteiger partial charge in [0.1, 0.15) is 11.5 Å². The first-order valence-corrected chi connectivity index (χ1v) is 10.8. The molecule has 28 heavy (non-hydrogen) atoms. The van der Waals surface area contributed by atoms with Gasteiger partial charge in [0.05, 0.1) is 26.4 Å². The summed E-state index contributed by atoms with van der Waals surface area (Å²) in [5.74, 6) is 0.510. The third-order valence-electron chi connectivity index (χ3n) is 5.84. The van der Waals surface area contributed by atoms with Crippen molar-refractivity contribution in [2.75, 3.05) is 52.6 Å². The number of unbranched alkanes of at least 4 members (excludes halogenated alkanes) is 3. The highest BCUT2D eigenvalue weighted by atomic mass is 16.5. The Hall–Kier alpha value is -1.34. The monoisotopic (exact) mass is 392 g/mol. The molecular formula is C22H36N2O4. The molecule has 0 saturated carbocycles. The molecule has 6 heteroatoms. The lowest BCUT2D eigenvalue weighted by molar-refractivity contribution is 0.0330. The summed E-state index contributed by atoms with van der Waals surface area (Å²) in [5.41, 5.74) is 2.74. The van der Waals surface area contributed by atoms with Crippen LogP contribution in [-0.4, -0.2) is 72.6 Å². The first-order valence-electron chi connectivity index (χ1n) is 10.8. The largest absolute Gasteiger partial charge is 0.507 e. The standard InChI is InChI=1S/C22H36N2O4/c1-2-3-4-5-6-19-18(16-23-7-11-27-12-8-23)15-21(25)20(22(19)26)17-24-9-13-28-14-10-24/h15,25-26H,2-14,16-17H2,1H3. The fraction of sp³-hybridized carbons (Fsp3) is 0.727. The molecule has 0 atom stereocenters. The van der Waals surface area contributed by atoms with Crippen molar-refractivity contribution in [1.82, 2.24) is 9.80 Å². The van der Waals surface area contributed by atoms with Crippen molar-refractivity contribution in [3.63, 3.8) is 0 Å². The molecular weight excluding hydrogens is 356 g/mol. The Labute approximate surface area is 169 Å². The summed E-state index contributed by atoms with van der Waals surface area (Å²) in [6, 6.07) is 1.89. The summed E-state index contributed by atoms with van der Waals surface area (Å²) in [5, 5.41) is 21.8. The lowest BCUT2D eigenvalue weighted by atomic mass is 9.95. The average Bonchev–Trinajstić information content (AvgIpc) is 2.72. The second-order valence-electron chi connectivity index (χ2n) is 7.95. The highest BCUT2D eigenvalue weighted by Crippen LogP contribution is 2.36. The quantitative estimate of drug-likeness (QED) is 0.630. The molecule has 0 amide bonds. The molecule has 0 spiro atoms. The van der Waals surface area contributed by atoms with E-state index >= 15 is 0 Å². The maximum atomic E-state index is 11.1. The maximum absolute atomic E-state index is 11.1. The number of ether oxygens (including phenoxy) is 2. The van der Waals surface area contributed by atoms with E-state index in [2.05, 4.69) is 16.7 Å². The number of phenols is 2. The van der Waals surface area contributed by atoms with Crippen LogP contribution in [0.1, 0.15) is 49.3 Å². The van der Waals surface area contributed by atoms with Gasteiger partial charge in [0.2, 0.25) is 0 Å². The molecule has 2 aliphatic rings. The van der Waals surface area contributed by atoms with Gasteiger partial charge < -0.3 is 19.7 Å². The van der Waals surface area contributed by atoms with Crippen LogP contribution in [-0.2, 0) is 29.0 Å². The second kappa shape index (κ2) is 11.0. The molecule has 0 radical (unpaired) electrons. The molecule has 2 aliphatic heterocycles. The van der Waals surface area contributed by atoms with Crippen LogP contribution in [0.3, 0.4) is 0 Å². The number of aromatic hydroxyl groups is 2. The Morgan fingerprint density at radius 2 is 1.43 bits per heavy atom. The predicted molar refractivity (Wildman–Crippen MR) is 110 cm³/mol. The van der Waals surface area contributed by atoms with Gasteiger partial charge >= 0.3 is 0 Å². The lowest BCUT2D eigenvalue weighted by Crippen LogP contribution is -2.36. The van der Waals surface area contributed by atoms with E-state index in [1.807, 2.05) is 6.07 Å². The summed E-state index contributed by atoms with van der Waals surface area (Å²) >= 11 is 0. The minimum absolute atomic E-state index is 0.213. The molecule has 158 valence electrons.